The molecule has 0 spiro atoms. The molecule has 110 valence electrons. The van der Waals surface area contributed by atoms with E-state index in [1.165, 1.54) is 18.4 Å². The molecule has 1 N–H and O–H groups in total. The lowest BCUT2D eigenvalue weighted by molar-refractivity contribution is 0.138. The van der Waals surface area contributed by atoms with Gasteiger partial charge < -0.3 is 19.5 Å². The number of hydrogen-bond donors (Lipinski definition) is 1. The van der Waals surface area contributed by atoms with Gasteiger partial charge in [-0.25, -0.2) is 0 Å². The van der Waals surface area contributed by atoms with Crippen molar-refractivity contribution in [3.63, 3.8) is 0 Å². The molecule has 0 aliphatic carbocycles. The van der Waals surface area contributed by atoms with Gasteiger partial charge in [0.15, 0.2) is 11.5 Å². The van der Waals surface area contributed by atoms with Crippen molar-refractivity contribution < 1.29 is 14.2 Å². The highest BCUT2D eigenvalue weighted by molar-refractivity contribution is 5.48. The maximum atomic E-state index is 6.06. The summed E-state index contributed by atoms with van der Waals surface area (Å²) >= 11 is 0. The van der Waals surface area contributed by atoms with Gasteiger partial charge in [0.1, 0.15) is 6.10 Å². The first-order valence-corrected chi connectivity index (χ1v) is 7.50. The molecule has 0 saturated carbocycles. The molecule has 3 rings (SSSR count). The van der Waals surface area contributed by atoms with Crippen LogP contribution in [0, 0.1) is 0 Å². The zero-order valence-corrected chi connectivity index (χ0v) is 12.1. The van der Waals surface area contributed by atoms with Gasteiger partial charge in [-0.2, -0.15) is 0 Å². The third kappa shape index (κ3) is 2.91. The molecule has 0 aromatic heterocycles. The van der Waals surface area contributed by atoms with Gasteiger partial charge in [-0.1, -0.05) is 12.1 Å². The van der Waals surface area contributed by atoms with Crippen LogP contribution < -0.4 is 14.8 Å². The van der Waals surface area contributed by atoms with E-state index in [0.717, 1.165) is 37.6 Å². The highest BCUT2D eigenvalue weighted by Gasteiger charge is 2.24. The van der Waals surface area contributed by atoms with Crippen molar-refractivity contribution >= 4 is 0 Å². The van der Waals surface area contributed by atoms with Crippen LogP contribution in [0.3, 0.4) is 0 Å². The van der Waals surface area contributed by atoms with Crippen LogP contribution in [-0.4, -0.2) is 39.5 Å². The summed E-state index contributed by atoms with van der Waals surface area (Å²) in [5.74, 6) is 2.27. The minimum atomic E-state index is 0.156. The fourth-order valence-electron chi connectivity index (χ4n) is 3.07. The van der Waals surface area contributed by atoms with Crippen molar-refractivity contribution in [1.82, 2.24) is 5.32 Å². The second-order valence-corrected chi connectivity index (χ2v) is 5.53. The minimum Gasteiger partial charge on any atom is -0.493 e. The first kappa shape index (κ1) is 13.7. The molecule has 2 heterocycles. The first-order chi connectivity index (χ1) is 9.88. The molecule has 0 amide bonds. The Morgan fingerprint density at radius 1 is 1.30 bits per heavy atom. The second-order valence-electron chi connectivity index (χ2n) is 5.53. The number of hydrogen-bond acceptors (Lipinski definition) is 4. The average molecular weight is 277 g/mol. The van der Waals surface area contributed by atoms with Gasteiger partial charge in [-0.3, -0.25) is 0 Å². The van der Waals surface area contributed by atoms with Crippen LogP contribution in [-0.2, 0) is 4.74 Å². The summed E-state index contributed by atoms with van der Waals surface area (Å²) in [5.41, 5.74) is 1.26. The van der Waals surface area contributed by atoms with E-state index in [0.29, 0.717) is 12.5 Å². The van der Waals surface area contributed by atoms with E-state index in [2.05, 4.69) is 17.4 Å². The quantitative estimate of drug-likeness (QED) is 0.917. The number of benzene rings is 1. The standard InChI is InChI=1S/C16H23NO3/c1-18-16-14(12-4-3-8-17-10-12)5-2-6-15(16)20-13-7-9-19-11-13/h2,5-6,12-13,17H,3-4,7-11H2,1H3. The van der Waals surface area contributed by atoms with Crippen LogP contribution in [0.5, 0.6) is 11.5 Å². The van der Waals surface area contributed by atoms with E-state index in [1.807, 2.05) is 6.07 Å². The molecular weight excluding hydrogens is 254 g/mol. The molecule has 20 heavy (non-hydrogen) atoms. The average Bonchev–Trinajstić information content (AvgIpc) is 3.01. The van der Waals surface area contributed by atoms with Gasteiger partial charge in [-0.15, -0.1) is 0 Å². The van der Waals surface area contributed by atoms with E-state index in [9.17, 15) is 0 Å². The Bertz CT molecular complexity index is 437. The SMILES string of the molecule is COc1c(OC2CCOC2)cccc1C1CCCNC1. The van der Waals surface area contributed by atoms with Crippen LogP contribution in [0.15, 0.2) is 18.2 Å². The molecular formula is C16H23NO3. The molecule has 2 atom stereocenters. The summed E-state index contributed by atoms with van der Waals surface area (Å²) in [6, 6.07) is 6.23. The smallest absolute Gasteiger partial charge is 0.164 e. The Labute approximate surface area is 120 Å². The van der Waals surface area contributed by atoms with E-state index in [-0.39, 0.29) is 6.10 Å². The largest absolute Gasteiger partial charge is 0.493 e. The molecule has 2 saturated heterocycles. The Morgan fingerprint density at radius 2 is 2.25 bits per heavy atom. The van der Waals surface area contributed by atoms with E-state index in [1.54, 1.807) is 7.11 Å². The molecule has 1 aromatic rings. The Hall–Kier alpha value is -1.26. The normalized spacial score (nSPS) is 26.4. The van der Waals surface area contributed by atoms with Crippen molar-refractivity contribution in [3.8, 4) is 11.5 Å². The number of rotatable bonds is 4. The summed E-state index contributed by atoms with van der Waals surface area (Å²) in [4.78, 5) is 0. The van der Waals surface area contributed by atoms with Crippen molar-refractivity contribution in [2.45, 2.75) is 31.3 Å². The number of piperidine rings is 1. The van der Waals surface area contributed by atoms with Crippen molar-refractivity contribution in [2.75, 3.05) is 33.4 Å². The van der Waals surface area contributed by atoms with Crippen molar-refractivity contribution in [3.05, 3.63) is 23.8 Å². The summed E-state index contributed by atoms with van der Waals surface area (Å²) < 4.78 is 17.1. The topological polar surface area (TPSA) is 39.7 Å². The van der Waals surface area contributed by atoms with Crippen molar-refractivity contribution in [1.29, 1.82) is 0 Å². The number of para-hydroxylation sites is 1. The van der Waals surface area contributed by atoms with Crippen LogP contribution in [0.4, 0.5) is 0 Å². The second kappa shape index (κ2) is 6.46. The Balaban J connectivity index is 1.82. The lowest BCUT2D eigenvalue weighted by Crippen LogP contribution is -2.28. The maximum Gasteiger partial charge on any atom is 0.164 e. The van der Waals surface area contributed by atoms with Gasteiger partial charge >= 0.3 is 0 Å². The monoisotopic (exact) mass is 277 g/mol. The summed E-state index contributed by atoms with van der Waals surface area (Å²) in [5, 5.41) is 3.46. The lowest BCUT2D eigenvalue weighted by Gasteiger charge is -2.26. The molecule has 4 heteroatoms. The van der Waals surface area contributed by atoms with Crippen molar-refractivity contribution in [2.24, 2.45) is 0 Å². The van der Waals surface area contributed by atoms with E-state index < -0.39 is 0 Å². The number of nitrogens with one attached hydrogen (secondary N) is 1. The molecule has 0 bridgehead atoms. The molecule has 1 aromatic carbocycles. The molecule has 2 aliphatic rings. The van der Waals surface area contributed by atoms with Gasteiger partial charge in [0, 0.05) is 24.4 Å². The molecule has 4 nitrogen and oxygen atoms in total. The zero-order chi connectivity index (χ0) is 13.8. The Morgan fingerprint density at radius 3 is 2.95 bits per heavy atom. The van der Waals surface area contributed by atoms with Gasteiger partial charge in [-0.05, 0) is 25.5 Å². The molecule has 0 radical (unpaired) electrons. The predicted octanol–water partition coefficient (Wildman–Crippen LogP) is 2.33. The fourth-order valence-corrected chi connectivity index (χ4v) is 3.07. The molecule has 2 unspecified atom stereocenters. The maximum absolute atomic E-state index is 6.06. The lowest BCUT2D eigenvalue weighted by atomic mass is 9.91. The highest BCUT2D eigenvalue weighted by atomic mass is 16.6. The first-order valence-electron chi connectivity index (χ1n) is 7.50. The summed E-state index contributed by atoms with van der Waals surface area (Å²) in [6.07, 6.45) is 3.54. The minimum absolute atomic E-state index is 0.156. The van der Waals surface area contributed by atoms with Gasteiger partial charge in [0.25, 0.3) is 0 Å². The van der Waals surface area contributed by atoms with Crippen LogP contribution in [0.2, 0.25) is 0 Å². The van der Waals surface area contributed by atoms with Gasteiger partial charge in [0.05, 0.1) is 20.3 Å². The van der Waals surface area contributed by atoms with E-state index in [4.69, 9.17) is 14.2 Å². The van der Waals surface area contributed by atoms with E-state index >= 15 is 0 Å². The number of methoxy groups -OCH3 is 1. The van der Waals surface area contributed by atoms with Gasteiger partial charge in [0.2, 0.25) is 0 Å². The molecule has 2 fully saturated rings. The fraction of sp³-hybridized carbons (Fsp3) is 0.625. The van der Waals surface area contributed by atoms with Crippen LogP contribution >= 0.6 is 0 Å². The summed E-state index contributed by atoms with van der Waals surface area (Å²) in [7, 11) is 1.73. The Kier molecular flexibility index (Phi) is 4.43. The molecule has 2 aliphatic heterocycles. The van der Waals surface area contributed by atoms with Crippen LogP contribution in [0.25, 0.3) is 0 Å². The predicted molar refractivity (Wildman–Crippen MR) is 77.7 cm³/mol. The highest BCUT2D eigenvalue weighted by Crippen LogP contribution is 2.38. The third-order valence-electron chi connectivity index (χ3n) is 4.13. The zero-order valence-electron chi connectivity index (χ0n) is 12.1. The number of ether oxygens (including phenoxy) is 3. The summed E-state index contributed by atoms with van der Waals surface area (Å²) in [6.45, 7) is 3.61. The third-order valence-corrected chi connectivity index (χ3v) is 4.13. The van der Waals surface area contributed by atoms with Crippen LogP contribution in [0.1, 0.15) is 30.7 Å².